The van der Waals surface area contributed by atoms with Crippen molar-refractivity contribution in [1.82, 2.24) is 0 Å². The molecule has 6 heteroatoms. The van der Waals surface area contributed by atoms with Gasteiger partial charge in [0.15, 0.2) is 0 Å². The Balaban J connectivity index is 2.64. The lowest BCUT2D eigenvalue weighted by atomic mass is 9.80. The van der Waals surface area contributed by atoms with Crippen molar-refractivity contribution in [2.45, 2.75) is 45.8 Å². The molecule has 1 aliphatic rings. The largest absolute Gasteiger partial charge is 0.460 e. The second kappa shape index (κ2) is 7.38. The van der Waals surface area contributed by atoms with E-state index in [1.807, 2.05) is 0 Å². The van der Waals surface area contributed by atoms with Crippen molar-refractivity contribution in [3.63, 3.8) is 0 Å². The minimum atomic E-state index is -0.609. The van der Waals surface area contributed by atoms with Crippen LogP contribution in [-0.4, -0.2) is 23.8 Å². The molecule has 4 nitrogen and oxygen atoms in total. The Morgan fingerprint density at radius 2 is 2.00 bits per heavy atom. The first-order chi connectivity index (χ1) is 11.3. The van der Waals surface area contributed by atoms with Gasteiger partial charge in [0.25, 0.3) is 6.04 Å². The number of esters is 1. The molecule has 1 aliphatic heterocycles. The first-order valence-corrected chi connectivity index (χ1v) is 8.30. The van der Waals surface area contributed by atoms with Crippen LogP contribution in [0.3, 0.4) is 0 Å². The van der Waals surface area contributed by atoms with E-state index in [1.54, 1.807) is 45.9 Å². The molecule has 2 rings (SSSR count). The van der Waals surface area contributed by atoms with E-state index in [2.05, 4.69) is 9.84 Å². The Morgan fingerprint density at radius 1 is 1.33 bits per heavy atom. The van der Waals surface area contributed by atoms with Gasteiger partial charge < -0.3 is 9.58 Å². The van der Waals surface area contributed by atoms with Gasteiger partial charge in [0.05, 0.1) is 17.4 Å². The Bertz CT molecular complexity index is 776. The molecule has 0 fully saturated rings. The molecule has 0 radical (unpaired) electrons. The van der Waals surface area contributed by atoms with Crippen LogP contribution in [0.15, 0.2) is 34.5 Å². The Kier molecular flexibility index (Phi) is 5.69. The third kappa shape index (κ3) is 3.63. The van der Waals surface area contributed by atoms with Gasteiger partial charge in [0.2, 0.25) is 0 Å². The molecule has 2 unspecified atom stereocenters. The molecular weight excluding hydrogens is 347 g/mol. The van der Waals surface area contributed by atoms with Gasteiger partial charge in [-0.3, -0.25) is 4.99 Å². The monoisotopic (exact) mass is 364 g/mol. The van der Waals surface area contributed by atoms with Crippen LogP contribution in [-0.2, 0) is 9.53 Å². The highest BCUT2D eigenvalue weighted by atomic mass is 35.5. The summed E-state index contributed by atoms with van der Waals surface area (Å²) >= 11 is 12.3. The van der Waals surface area contributed by atoms with Gasteiger partial charge >= 0.3 is 5.97 Å². The van der Waals surface area contributed by atoms with Gasteiger partial charge in [-0.15, -0.1) is 0 Å². The van der Waals surface area contributed by atoms with Crippen molar-refractivity contribution in [2.24, 2.45) is 4.99 Å². The number of allylic oxidation sites excluding steroid dienone is 1. The summed E-state index contributed by atoms with van der Waals surface area (Å²) in [5, 5.41) is 0.912. The third-order valence-electron chi connectivity index (χ3n) is 3.79. The molecule has 0 saturated heterocycles. The summed E-state index contributed by atoms with van der Waals surface area (Å²) in [5.41, 5.74) is 2.25. The van der Waals surface area contributed by atoms with Crippen LogP contribution in [0.2, 0.25) is 10.0 Å². The van der Waals surface area contributed by atoms with Crippen LogP contribution in [0.1, 0.15) is 39.2 Å². The van der Waals surface area contributed by atoms with E-state index in [0.29, 0.717) is 32.6 Å². The average molecular weight is 365 g/mol. The molecule has 0 amide bonds. The zero-order chi connectivity index (χ0) is 18.0. The Morgan fingerprint density at radius 3 is 2.54 bits per heavy atom. The van der Waals surface area contributed by atoms with Crippen molar-refractivity contribution < 1.29 is 9.53 Å². The normalized spacial score (nSPS) is 20.7. The quantitative estimate of drug-likeness (QED) is 0.555. The number of nitrogens with zero attached hydrogens (tertiary/aromatic N) is 2. The molecular formula is C18H18Cl2N2O2. The smallest absolute Gasteiger partial charge is 0.337 e. The van der Waals surface area contributed by atoms with Gasteiger partial charge in [-0.1, -0.05) is 29.3 Å². The number of hydrogen-bond donors (Lipinski definition) is 0. The molecule has 0 saturated carbocycles. The van der Waals surface area contributed by atoms with Crippen LogP contribution >= 0.6 is 23.2 Å². The highest BCUT2D eigenvalue weighted by Crippen LogP contribution is 2.40. The van der Waals surface area contributed by atoms with Gasteiger partial charge in [0.1, 0.15) is 5.92 Å². The predicted octanol–water partition coefficient (Wildman–Crippen LogP) is 5.06. The first-order valence-electron chi connectivity index (χ1n) is 7.54. The Labute approximate surface area is 151 Å². The molecule has 0 spiro atoms. The zero-order valence-electron chi connectivity index (χ0n) is 13.9. The van der Waals surface area contributed by atoms with E-state index in [-0.39, 0.29) is 6.10 Å². The SMILES string of the molecule is [C-]#[N+]C1C(C)=NC(C)=C(C(=O)OC(C)C)C1c1ccc(Cl)cc1Cl. The van der Waals surface area contributed by atoms with Crippen molar-refractivity contribution in [3.8, 4) is 0 Å². The lowest BCUT2D eigenvalue weighted by Crippen LogP contribution is -2.33. The number of carbonyl (C=O) groups excluding carboxylic acids is 1. The highest BCUT2D eigenvalue weighted by molar-refractivity contribution is 6.35. The number of hydrogen-bond acceptors (Lipinski definition) is 3. The van der Waals surface area contributed by atoms with Crippen LogP contribution in [0.5, 0.6) is 0 Å². The lowest BCUT2D eigenvalue weighted by Gasteiger charge is -2.27. The summed E-state index contributed by atoms with van der Waals surface area (Å²) in [7, 11) is 0. The number of carbonyl (C=O) groups is 1. The van der Waals surface area contributed by atoms with Crippen molar-refractivity contribution in [2.75, 3.05) is 0 Å². The maximum atomic E-state index is 12.6. The number of ether oxygens (including phenoxy) is 1. The second-order valence-electron chi connectivity index (χ2n) is 5.92. The number of halogens is 2. The van der Waals surface area contributed by atoms with Crippen LogP contribution in [0, 0.1) is 6.57 Å². The molecule has 126 valence electrons. The summed E-state index contributed by atoms with van der Waals surface area (Å²) in [5.74, 6) is -1.00. The second-order valence-corrected chi connectivity index (χ2v) is 6.77. The van der Waals surface area contributed by atoms with Crippen molar-refractivity contribution in [1.29, 1.82) is 0 Å². The van der Waals surface area contributed by atoms with E-state index >= 15 is 0 Å². The van der Waals surface area contributed by atoms with Crippen molar-refractivity contribution >= 4 is 34.9 Å². The minimum absolute atomic E-state index is 0.266. The zero-order valence-corrected chi connectivity index (χ0v) is 15.4. The standard InChI is InChI=1S/C18H18Cl2N2O2/c1-9(2)24-18(23)15-10(3)22-11(4)17(21-5)16(15)13-7-6-12(19)8-14(13)20/h6-9,16-17H,1-4H3. The summed E-state index contributed by atoms with van der Waals surface area (Å²) in [6.07, 6.45) is -0.266. The van der Waals surface area contributed by atoms with E-state index in [4.69, 9.17) is 34.5 Å². The van der Waals surface area contributed by atoms with Gasteiger partial charge in [0, 0.05) is 15.7 Å². The molecule has 2 atom stereocenters. The molecule has 1 heterocycles. The maximum absolute atomic E-state index is 12.6. The molecule has 1 aromatic rings. The summed E-state index contributed by atoms with van der Waals surface area (Å²) in [4.78, 5) is 20.7. The van der Waals surface area contributed by atoms with Crippen molar-refractivity contribution in [3.05, 3.63) is 56.5 Å². The van der Waals surface area contributed by atoms with Gasteiger partial charge in [-0.2, -0.15) is 0 Å². The first kappa shape index (κ1) is 18.5. The number of rotatable bonds is 3. The van der Waals surface area contributed by atoms with Crippen LogP contribution < -0.4 is 0 Å². The molecule has 24 heavy (non-hydrogen) atoms. The third-order valence-corrected chi connectivity index (χ3v) is 4.35. The van der Waals surface area contributed by atoms with E-state index in [0.717, 1.165) is 0 Å². The van der Waals surface area contributed by atoms with Crippen LogP contribution in [0.25, 0.3) is 4.85 Å². The fourth-order valence-corrected chi connectivity index (χ4v) is 3.34. The number of aliphatic imine (C=N–C) groups is 1. The molecule has 0 N–H and O–H groups in total. The van der Waals surface area contributed by atoms with E-state index < -0.39 is 17.9 Å². The summed E-state index contributed by atoms with van der Waals surface area (Å²) < 4.78 is 5.37. The predicted molar refractivity (Wildman–Crippen MR) is 96.6 cm³/mol. The fraction of sp³-hybridized carbons (Fsp3) is 0.389. The summed E-state index contributed by atoms with van der Waals surface area (Å²) in [6.45, 7) is 14.7. The van der Waals surface area contributed by atoms with E-state index in [1.165, 1.54) is 0 Å². The number of benzene rings is 1. The molecule has 1 aromatic carbocycles. The molecule has 0 aliphatic carbocycles. The van der Waals surface area contributed by atoms with Gasteiger partial charge in [-0.25, -0.2) is 11.4 Å². The van der Waals surface area contributed by atoms with E-state index in [9.17, 15) is 4.79 Å². The average Bonchev–Trinajstić information content (AvgIpc) is 2.45. The maximum Gasteiger partial charge on any atom is 0.337 e. The van der Waals surface area contributed by atoms with Gasteiger partial charge in [-0.05, 0) is 45.4 Å². The lowest BCUT2D eigenvalue weighted by molar-refractivity contribution is -0.143. The molecule has 0 aromatic heterocycles. The Hall–Kier alpha value is -1.83. The summed E-state index contributed by atoms with van der Waals surface area (Å²) in [6, 6.07) is 4.46. The highest BCUT2D eigenvalue weighted by Gasteiger charge is 2.42. The minimum Gasteiger partial charge on any atom is -0.460 e. The molecule has 0 bridgehead atoms. The van der Waals surface area contributed by atoms with Crippen LogP contribution in [0.4, 0.5) is 0 Å². The topological polar surface area (TPSA) is 43.0 Å². The fourth-order valence-electron chi connectivity index (χ4n) is 2.81.